The number of aromatic nitrogens is 2. The fourth-order valence-corrected chi connectivity index (χ4v) is 5.15. The molecule has 2 amide bonds. The largest absolute Gasteiger partial charge is 0.311 e. The number of amides is 2. The lowest BCUT2D eigenvalue weighted by atomic mass is 10.1. The monoisotopic (exact) mass is 438 g/mol. The van der Waals surface area contributed by atoms with Gasteiger partial charge < -0.3 is 4.90 Å². The van der Waals surface area contributed by atoms with Gasteiger partial charge in [-0.2, -0.15) is 0 Å². The molecule has 1 unspecified atom stereocenters. The summed E-state index contributed by atoms with van der Waals surface area (Å²) in [7, 11) is 0. The molecule has 1 aromatic heterocycles. The molecule has 0 saturated carbocycles. The minimum absolute atomic E-state index is 0.0248. The van der Waals surface area contributed by atoms with Gasteiger partial charge in [0.05, 0.1) is 5.56 Å². The van der Waals surface area contributed by atoms with Gasteiger partial charge in [0.1, 0.15) is 5.01 Å². The minimum atomic E-state index is -0.196. The van der Waals surface area contributed by atoms with E-state index in [2.05, 4.69) is 22.4 Å². The first-order valence-electron chi connectivity index (χ1n) is 9.79. The summed E-state index contributed by atoms with van der Waals surface area (Å²) >= 11 is 2.97. The Balaban J connectivity index is 1.47. The van der Waals surface area contributed by atoms with Crippen molar-refractivity contribution in [3.05, 3.63) is 64.7 Å². The lowest BCUT2D eigenvalue weighted by molar-refractivity contribution is -0.117. The summed E-state index contributed by atoms with van der Waals surface area (Å²) in [5.74, 6) is 0.752. The maximum Gasteiger partial charge on any atom is 0.258 e. The number of carbonyl (C=O) groups excluding carboxylic acids is 2. The van der Waals surface area contributed by atoms with Gasteiger partial charge in [0.15, 0.2) is 0 Å². The Kier molecular flexibility index (Phi) is 6.15. The van der Waals surface area contributed by atoms with Crippen LogP contribution in [0.1, 0.15) is 40.2 Å². The second kappa shape index (κ2) is 8.97. The summed E-state index contributed by atoms with van der Waals surface area (Å²) in [6, 6.07) is 15.4. The number of nitrogens with zero attached hydrogens (tertiary/aromatic N) is 3. The van der Waals surface area contributed by atoms with Crippen LogP contribution in [0.4, 0.5) is 10.8 Å². The Labute approximate surface area is 183 Å². The topological polar surface area (TPSA) is 75.2 Å². The van der Waals surface area contributed by atoms with Crippen molar-refractivity contribution in [2.24, 2.45) is 0 Å². The Morgan fingerprint density at radius 3 is 2.77 bits per heavy atom. The second-order valence-electron chi connectivity index (χ2n) is 7.02. The number of para-hydroxylation sites is 1. The molecule has 1 saturated heterocycles. The van der Waals surface area contributed by atoms with Gasteiger partial charge >= 0.3 is 0 Å². The summed E-state index contributed by atoms with van der Waals surface area (Å²) in [5.41, 5.74) is 2.64. The van der Waals surface area contributed by atoms with Crippen molar-refractivity contribution in [3.63, 3.8) is 0 Å². The number of hydrogen-bond donors (Lipinski definition) is 1. The first-order chi connectivity index (χ1) is 14.6. The number of benzene rings is 2. The Bertz CT molecular complexity index is 1080. The SMILES string of the molecule is CCSc1ccccc1C(=O)Nc1nnc(C2CC(=O)N(c3ccccc3C)C2)s1. The van der Waals surface area contributed by atoms with Crippen LogP contribution in [0.25, 0.3) is 0 Å². The van der Waals surface area contributed by atoms with E-state index >= 15 is 0 Å². The zero-order valence-corrected chi connectivity index (χ0v) is 18.4. The van der Waals surface area contributed by atoms with Crippen molar-refractivity contribution in [2.75, 3.05) is 22.5 Å². The van der Waals surface area contributed by atoms with Crippen LogP contribution in [-0.2, 0) is 4.79 Å². The second-order valence-corrected chi connectivity index (χ2v) is 9.34. The van der Waals surface area contributed by atoms with Crippen LogP contribution in [-0.4, -0.2) is 34.3 Å². The molecule has 0 radical (unpaired) electrons. The molecule has 6 nitrogen and oxygen atoms in total. The molecule has 0 aliphatic carbocycles. The van der Waals surface area contributed by atoms with Gasteiger partial charge in [0.25, 0.3) is 5.91 Å². The molecule has 1 aliphatic rings. The van der Waals surface area contributed by atoms with Gasteiger partial charge in [-0.25, -0.2) is 0 Å². The fourth-order valence-electron chi connectivity index (χ4n) is 3.52. The Morgan fingerprint density at radius 1 is 1.20 bits per heavy atom. The molecule has 30 heavy (non-hydrogen) atoms. The first-order valence-corrected chi connectivity index (χ1v) is 11.6. The van der Waals surface area contributed by atoms with Gasteiger partial charge in [-0.3, -0.25) is 14.9 Å². The van der Waals surface area contributed by atoms with Gasteiger partial charge in [-0.1, -0.05) is 48.6 Å². The highest BCUT2D eigenvalue weighted by Crippen LogP contribution is 2.35. The average molecular weight is 439 g/mol. The van der Waals surface area contributed by atoms with Gasteiger partial charge in [-0.05, 0) is 36.4 Å². The molecule has 2 heterocycles. The smallest absolute Gasteiger partial charge is 0.258 e. The van der Waals surface area contributed by atoms with Gasteiger partial charge in [0, 0.05) is 29.5 Å². The number of rotatable bonds is 6. The first kappa shape index (κ1) is 20.6. The van der Waals surface area contributed by atoms with Crippen LogP contribution in [0, 0.1) is 6.92 Å². The van der Waals surface area contributed by atoms with Crippen LogP contribution in [0.5, 0.6) is 0 Å². The number of thioether (sulfide) groups is 1. The summed E-state index contributed by atoms with van der Waals surface area (Å²) in [5, 5.41) is 12.5. The van der Waals surface area contributed by atoms with E-state index in [4.69, 9.17) is 0 Å². The van der Waals surface area contributed by atoms with Crippen LogP contribution in [0.2, 0.25) is 0 Å². The van der Waals surface area contributed by atoms with E-state index in [0.29, 0.717) is 23.7 Å². The molecule has 1 fully saturated rings. The van der Waals surface area contributed by atoms with E-state index in [1.54, 1.807) is 11.8 Å². The molecule has 2 aromatic carbocycles. The molecule has 1 atom stereocenters. The van der Waals surface area contributed by atoms with Crippen molar-refractivity contribution in [3.8, 4) is 0 Å². The molecule has 154 valence electrons. The maximum absolute atomic E-state index is 12.7. The number of aryl methyl sites for hydroxylation is 1. The average Bonchev–Trinajstić information content (AvgIpc) is 3.35. The summed E-state index contributed by atoms with van der Waals surface area (Å²) in [6.07, 6.45) is 0.396. The highest BCUT2D eigenvalue weighted by atomic mass is 32.2. The van der Waals surface area contributed by atoms with E-state index in [1.165, 1.54) is 11.3 Å². The van der Waals surface area contributed by atoms with Crippen molar-refractivity contribution in [2.45, 2.75) is 31.1 Å². The van der Waals surface area contributed by atoms with E-state index in [0.717, 1.165) is 26.9 Å². The zero-order chi connectivity index (χ0) is 21.1. The number of carbonyl (C=O) groups is 2. The van der Waals surface area contributed by atoms with E-state index in [1.807, 2.05) is 60.4 Å². The highest BCUT2D eigenvalue weighted by Gasteiger charge is 2.34. The van der Waals surface area contributed by atoms with E-state index in [9.17, 15) is 9.59 Å². The van der Waals surface area contributed by atoms with Crippen LogP contribution >= 0.6 is 23.1 Å². The third-order valence-electron chi connectivity index (χ3n) is 4.97. The van der Waals surface area contributed by atoms with E-state index < -0.39 is 0 Å². The predicted molar refractivity (Wildman–Crippen MR) is 122 cm³/mol. The third-order valence-corrected chi connectivity index (χ3v) is 6.93. The van der Waals surface area contributed by atoms with Crippen molar-refractivity contribution in [1.29, 1.82) is 0 Å². The Hall–Kier alpha value is -2.71. The molecule has 1 aliphatic heterocycles. The number of anilines is 2. The lowest BCUT2D eigenvalue weighted by Crippen LogP contribution is -2.25. The predicted octanol–water partition coefficient (Wildman–Crippen LogP) is 4.73. The lowest BCUT2D eigenvalue weighted by Gasteiger charge is -2.18. The summed E-state index contributed by atoms with van der Waals surface area (Å²) in [4.78, 5) is 28.1. The normalized spacial score (nSPS) is 16.1. The fraction of sp³-hybridized carbons (Fsp3) is 0.273. The van der Waals surface area contributed by atoms with Crippen LogP contribution in [0.15, 0.2) is 53.4 Å². The molecule has 0 bridgehead atoms. The molecule has 3 aromatic rings. The van der Waals surface area contributed by atoms with Crippen molar-refractivity contribution in [1.82, 2.24) is 10.2 Å². The molecule has 1 N–H and O–H groups in total. The Morgan fingerprint density at radius 2 is 1.97 bits per heavy atom. The van der Waals surface area contributed by atoms with Crippen molar-refractivity contribution < 1.29 is 9.59 Å². The van der Waals surface area contributed by atoms with Crippen molar-refractivity contribution >= 4 is 45.7 Å². The number of hydrogen-bond acceptors (Lipinski definition) is 6. The minimum Gasteiger partial charge on any atom is -0.311 e. The highest BCUT2D eigenvalue weighted by molar-refractivity contribution is 7.99. The molecule has 0 spiro atoms. The van der Waals surface area contributed by atoms with E-state index in [-0.39, 0.29) is 17.7 Å². The zero-order valence-electron chi connectivity index (χ0n) is 16.8. The van der Waals surface area contributed by atoms with Gasteiger partial charge in [0.2, 0.25) is 11.0 Å². The summed E-state index contributed by atoms with van der Waals surface area (Å²) in [6.45, 7) is 4.63. The number of nitrogens with one attached hydrogen (secondary N) is 1. The quantitative estimate of drug-likeness (QED) is 0.563. The molecule has 4 rings (SSSR count). The standard InChI is InChI=1S/C22H22N4O2S2/c1-3-29-18-11-7-5-9-16(18)20(28)23-22-25-24-21(30-22)15-12-19(27)26(13-15)17-10-6-4-8-14(17)2/h4-11,15H,3,12-13H2,1-2H3,(H,23,25,28). The molecular formula is C22H22N4O2S2. The van der Waals surface area contributed by atoms with Crippen LogP contribution in [0.3, 0.4) is 0 Å². The summed E-state index contributed by atoms with van der Waals surface area (Å²) < 4.78 is 0. The molecule has 8 heteroatoms. The maximum atomic E-state index is 12.7. The molecular weight excluding hydrogens is 416 g/mol. The van der Waals surface area contributed by atoms with Crippen LogP contribution < -0.4 is 10.2 Å². The van der Waals surface area contributed by atoms with Gasteiger partial charge in [-0.15, -0.1) is 22.0 Å². The third kappa shape index (κ3) is 4.24.